The third-order valence-electron chi connectivity index (χ3n) is 5.21. The van der Waals surface area contributed by atoms with Gasteiger partial charge in [0.05, 0.1) is 5.54 Å². The number of hydrogen-bond donors (Lipinski definition) is 0. The molecule has 3 nitrogen and oxygen atoms in total. The number of para-hydroxylation sites is 1. The van der Waals surface area contributed by atoms with Gasteiger partial charge in [0.2, 0.25) is 5.91 Å². The standard InChI is InChI=1S/C17H20N2O/c1-3-18-14-7-5-4-6-12(14)13-9-11-19-15(20)8-10-17(19,2)16(13)18/h4-7H,3,8-11H2,1-2H3. The maximum Gasteiger partial charge on any atom is 0.223 e. The van der Waals surface area contributed by atoms with Crippen molar-refractivity contribution >= 4 is 16.8 Å². The van der Waals surface area contributed by atoms with Gasteiger partial charge in [0.1, 0.15) is 0 Å². The number of carbonyl (C=O) groups is 1. The SMILES string of the molecule is CCn1c2c(c3ccccc31)CCN1C(=O)CCC21C. The molecule has 1 amide bonds. The summed E-state index contributed by atoms with van der Waals surface area (Å²) in [4.78, 5) is 14.3. The van der Waals surface area contributed by atoms with Gasteiger partial charge in [0, 0.05) is 36.1 Å². The number of amides is 1. The third kappa shape index (κ3) is 1.28. The maximum absolute atomic E-state index is 12.2. The topological polar surface area (TPSA) is 25.2 Å². The largest absolute Gasteiger partial charge is 0.342 e. The fourth-order valence-corrected chi connectivity index (χ4v) is 4.31. The second kappa shape index (κ2) is 3.87. The smallest absolute Gasteiger partial charge is 0.223 e. The Morgan fingerprint density at radius 2 is 2.05 bits per heavy atom. The van der Waals surface area contributed by atoms with Crippen LogP contribution in [0.3, 0.4) is 0 Å². The van der Waals surface area contributed by atoms with Crippen LogP contribution in [-0.2, 0) is 23.3 Å². The Balaban J connectivity index is 2.07. The van der Waals surface area contributed by atoms with Crippen LogP contribution in [0.1, 0.15) is 37.9 Å². The molecule has 3 heterocycles. The lowest BCUT2D eigenvalue weighted by molar-refractivity contribution is -0.131. The molecule has 2 aromatic rings. The number of fused-ring (bicyclic) bond motifs is 5. The van der Waals surface area contributed by atoms with Gasteiger partial charge in [-0.1, -0.05) is 18.2 Å². The summed E-state index contributed by atoms with van der Waals surface area (Å²) < 4.78 is 2.43. The van der Waals surface area contributed by atoms with E-state index in [9.17, 15) is 4.79 Å². The first-order chi connectivity index (χ1) is 9.66. The molecule has 0 N–H and O–H groups in total. The van der Waals surface area contributed by atoms with Crippen molar-refractivity contribution in [2.75, 3.05) is 6.54 Å². The van der Waals surface area contributed by atoms with Crippen LogP contribution in [0.4, 0.5) is 0 Å². The van der Waals surface area contributed by atoms with Crippen molar-refractivity contribution in [3.05, 3.63) is 35.5 Å². The summed E-state index contributed by atoms with van der Waals surface area (Å²) in [7, 11) is 0. The summed E-state index contributed by atoms with van der Waals surface area (Å²) in [5.41, 5.74) is 4.08. The minimum absolute atomic E-state index is 0.0975. The molecule has 4 rings (SSSR count). The lowest BCUT2D eigenvalue weighted by Gasteiger charge is -2.41. The quantitative estimate of drug-likeness (QED) is 0.780. The molecule has 1 atom stereocenters. The Kier molecular flexibility index (Phi) is 2.33. The van der Waals surface area contributed by atoms with Crippen molar-refractivity contribution in [3.8, 4) is 0 Å². The van der Waals surface area contributed by atoms with E-state index in [1.807, 2.05) is 0 Å². The first-order valence-corrected chi connectivity index (χ1v) is 7.58. The first kappa shape index (κ1) is 12.0. The molecule has 1 aromatic heterocycles. The van der Waals surface area contributed by atoms with Gasteiger partial charge >= 0.3 is 0 Å². The average molecular weight is 268 g/mol. The van der Waals surface area contributed by atoms with Gasteiger partial charge in [0.25, 0.3) is 0 Å². The zero-order valence-corrected chi connectivity index (χ0v) is 12.1. The number of benzene rings is 1. The fraction of sp³-hybridized carbons (Fsp3) is 0.471. The molecule has 104 valence electrons. The number of hydrogen-bond acceptors (Lipinski definition) is 1. The van der Waals surface area contributed by atoms with Crippen molar-refractivity contribution in [1.82, 2.24) is 9.47 Å². The van der Waals surface area contributed by atoms with Gasteiger partial charge in [-0.3, -0.25) is 4.79 Å². The van der Waals surface area contributed by atoms with Crippen LogP contribution in [0.5, 0.6) is 0 Å². The predicted octanol–water partition coefficient (Wildman–Crippen LogP) is 3.05. The van der Waals surface area contributed by atoms with Crippen molar-refractivity contribution < 1.29 is 4.79 Å². The van der Waals surface area contributed by atoms with E-state index < -0.39 is 0 Å². The first-order valence-electron chi connectivity index (χ1n) is 7.58. The zero-order valence-electron chi connectivity index (χ0n) is 12.1. The molecule has 0 radical (unpaired) electrons. The highest BCUT2D eigenvalue weighted by atomic mass is 16.2. The lowest BCUT2D eigenvalue weighted by atomic mass is 9.86. The highest BCUT2D eigenvalue weighted by Gasteiger charge is 2.48. The summed E-state index contributed by atoms with van der Waals surface area (Å²) in [6, 6.07) is 8.68. The summed E-state index contributed by atoms with van der Waals surface area (Å²) in [6.45, 7) is 6.29. The molecule has 0 bridgehead atoms. The van der Waals surface area contributed by atoms with E-state index in [1.54, 1.807) is 0 Å². The molecular formula is C17H20N2O. The summed E-state index contributed by atoms with van der Waals surface area (Å²) in [5.74, 6) is 0.325. The Hall–Kier alpha value is -1.77. The molecule has 0 spiro atoms. The van der Waals surface area contributed by atoms with Crippen LogP contribution in [0.25, 0.3) is 10.9 Å². The van der Waals surface area contributed by atoms with E-state index in [0.29, 0.717) is 12.3 Å². The molecule has 1 saturated heterocycles. The molecule has 2 aliphatic heterocycles. The molecule has 20 heavy (non-hydrogen) atoms. The van der Waals surface area contributed by atoms with Crippen molar-refractivity contribution in [3.63, 3.8) is 0 Å². The molecule has 1 unspecified atom stereocenters. The van der Waals surface area contributed by atoms with Crippen LogP contribution >= 0.6 is 0 Å². The Bertz CT molecular complexity index is 682. The van der Waals surface area contributed by atoms with Gasteiger partial charge < -0.3 is 9.47 Å². The average Bonchev–Trinajstić information content (AvgIpc) is 2.95. The van der Waals surface area contributed by atoms with Crippen molar-refractivity contribution in [2.24, 2.45) is 0 Å². The van der Waals surface area contributed by atoms with Gasteiger partial charge in [0.15, 0.2) is 0 Å². The number of aromatic nitrogens is 1. The van der Waals surface area contributed by atoms with E-state index in [2.05, 4.69) is 47.6 Å². The summed E-state index contributed by atoms with van der Waals surface area (Å²) in [5, 5.41) is 1.38. The van der Waals surface area contributed by atoms with E-state index in [4.69, 9.17) is 0 Å². The number of aryl methyl sites for hydroxylation is 1. The van der Waals surface area contributed by atoms with Crippen LogP contribution in [-0.4, -0.2) is 21.9 Å². The van der Waals surface area contributed by atoms with E-state index >= 15 is 0 Å². The molecule has 2 aliphatic rings. The summed E-state index contributed by atoms with van der Waals surface area (Å²) in [6.07, 6.45) is 2.64. The number of nitrogens with zero attached hydrogens (tertiary/aromatic N) is 2. The van der Waals surface area contributed by atoms with Crippen molar-refractivity contribution in [1.29, 1.82) is 0 Å². The van der Waals surface area contributed by atoms with Gasteiger partial charge in [-0.15, -0.1) is 0 Å². The molecule has 0 aliphatic carbocycles. The van der Waals surface area contributed by atoms with E-state index in [0.717, 1.165) is 25.9 Å². The van der Waals surface area contributed by atoms with Crippen molar-refractivity contribution in [2.45, 2.75) is 45.2 Å². The Labute approximate surface area is 119 Å². The third-order valence-corrected chi connectivity index (χ3v) is 5.21. The summed E-state index contributed by atoms with van der Waals surface area (Å²) >= 11 is 0. The molecule has 1 aromatic carbocycles. The lowest BCUT2D eigenvalue weighted by Crippen LogP contribution is -2.47. The predicted molar refractivity (Wildman–Crippen MR) is 79.6 cm³/mol. The minimum Gasteiger partial charge on any atom is -0.342 e. The van der Waals surface area contributed by atoms with Gasteiger partial charge in [-0.2, -0.15) is 0 Å². The highest BCUT2D eigenvalue weighted by Crippen LogP contribution is 2.46. The normalized spacial score (nSPS) is 25.1. The number of carbonyl (C=O) groups excluding carboxylic acids is 1. The van der Waals surface area contributed by atoms with Crippen LogP contribution in [0.2, 0.25) is 0 Å². The maximum atomic E-state index is 12.2. The molecule has 0 saturated carbocycles. The second-order valence-electron chi connectivity index (χ2n) is 6.16. The van der Waals surface area contributed by atoms with Crippen LogP contribution < -0.4 is 0 Å². The Morgan fingerprint density at radius 3 is 2.85 bits per heavy atom. The van der Waals surface area contributed by atoms with Gasteiger partial charge in [-0.05, 0) is 38.3 Å². The molecule has 1 fully saturated rings. The zero-order chi connectivity index (χ0) is 13.9. The van der Waals surface area contributed by atoms with Gasteiger partial charge in [-0.25, -0.2) is 0 Å². The Morgan fingerprint density at radius 1 is 1.25 bits per heavy atom. The second-order valence-corrected chi connectivity index (χ2v) is 6.16. The molecule has 3 heteroatoms. The van der Waals surface area contributed by atoms with E-state index in [1.165, 1.54) is 22.2 Å². The minimum atomic E-state index is -0.0975. The fourth-order valence-electron chi connectivity index (χ4n) is 4.31. The van der Waals surface area contributed by atoms with Crippen LogP contribution in [0, 0.1) is 0 Å². The monoisotopic (exact) mass is 268 g/mol. The van der Waals surface area contributed by atoms with Crippen LogP contribution in [0.15, 0.2) is 24.3 Å². The molecular weight excluding hydrogens is 248 g/mol. The number of rotatable bonds is 1. The van der Waals surface area contributed by atoms with E-state index in [-0.39, 0.29) is 5.54 Å². The highest BCUT2D eigenvalue weighted by molar-refractivity contribution is 5.88.